The largest absolute Gasteiger partial charge is 0.416 e. The van der Waals surface area contributed by atoms with Crippen molar-refractivity contribution in [2.45, 2.75) is 19.1 Å². The van der Waals surface area contributed by atoms with Gasteiger partial charge in [-0.25, -0.2) is 9.37 Å². The number of benzene rings is 1. The molecule has 1 aromatic heterocycles. The number of alkyl halides is 3. The first-order chi connectivity index (χ1) is 12.3. The summed E-state index contributed by atoms with van der Waals surface area (Å²) in [5, 5.41) is 6.19. The SMILES string of the molecule is CN=C(NCCc1ccc(Cl)nc1)NCc1ccc(F)cc1C(F)(F)F.I. The molecule has 0 atom stereocenters. The monoisotopic (exact) mass is 516 g/mol. The van der Waals surface area contributed by atoms with E-state index < -0.39 is 17.6 Å². The van der Waals surface area contributed by atoms with Crippen molar-refractivity contribution in [2.24, 2.45) is 4.99 Å². The molecule has 27 heavy (non-hydrogen) atoms. The van der Waals surface area contributed by atoms with Crippen LogP contribution in [0.3, 0.4) is 0 Å². The van der Waals surface area contributed by atoms with Crippen LogP contribution in [0.5, 0.6) is 0 Å². The lowest BCUT2D eigenvalue weighted by Crippen LogP contribution is -2.38. The number of aromatic nitrogens is 1. The predicted octanol–water partition coefficient (Wildman–Crippen LogP) is 4.42. The highest BCUT2D eigenvalue weighted by atomic mass is 127. The average Bonchev–Trinajstić information content (AvgIpc) is 2.59. The van der Waals surface area contributed by atoms with Gasteiger partial charge in [-0.1, -0.05) is 23.7 Å². The fourth-order valence-electron chi connectivity index (χ4n) is 2.25. The molecule has 0 amide bonds. The third kappa shape index (κ3) is 7.49. The molecule has 0 fully saturated rings. The molecule has 10 heteroatoms. The zero-order valence-electron chi connectivity index (χ0n) is 14.3. The number of halogens is 6. The van der Waals surface area contributed by atoms with Gasteiger partial charge >= 0.3 is 6.18 Å². The van der Waals surface area contributed by atoms with Crippen molar-refractivity contribution in [3.05, 3.63) is 64.2 Å². The third-order valence-electron chi connectivity index (χ3n) is 3.54. The Hall–Kier alpha value is -1.62. The minimum atomic E-state index is -4.63. The van der Waals surface area contributed by atoms with Crippen LogP contribution in [0.25, 0.3) is 0 Å². The summed E-state index contributed by atoms with van der Waals surface area (Å²) in [5.74, 6) is -0.593. The number of pyridine rings is 1. The molecule has 4 nitrogen and oxygen atoms in total. The smallest absolute Gasteiger partial charge is 0.356 e. The molecule has 0 aliphatic carbocycles. The molecule has 0 saturated heterocycles. The van der Waals surface area contributed by atoms with Crippen molar-refractivity contribution in [2.75, 3.05) is 13.6 Å². The maximum Gasteiger partial charge on any atom is 0.416 e. The average molecular weight is 517 g/mol. The summed E-state index contributed by atoms with van der Waals surface area (Å²) < 4.78 is 52.1. The molecule has 0 spiro atoms. The molecule has 2 rings (SSSR count). The van der Waals surface area contributed by atoms with Gasteiger partial charge in [0, 0.05) is 26.3 Å². The van der Waals surface area contributed by atoms with Crippen LogP contribution >= 0.6 is 35.6 Å². The van der Waals surface area contributed by atoms with Crippen LogP contribution in [0.2, 0.25) is 5.15 Å². The lowest BCUT2D eigenvalue weighted by molar-refractivity contribution is -0.138. The van der Waals surface area contributed by atoms with Gasteiger partial charge < -0.3 is 10.6 Å². The third-order valence-corrected chi connectivity index (χ3v) is 3.77. The molecule has 0 aliphatic heterocycles. The number of nitrogens with zero attached hydrogens (tertiary/aromatic N) is 2. The number of hydrogen-bond donors (Lipinski definition) is 2. The first kappa shape index (κ1) is 23.4. The van der Waals surface area contributed by atoms with Crippen molar-refractivity contribution in [1.82, 2.24) is 15.6 Å². The first-order valence-corrected chi connectivity index (χ1v) is 8.08. The highest BCUT2D eigenvalue weighted by molar-refractivity contribution is 14.0. The second-order valence-electron chi connectivity index (χ2n) is 5.39. The fraction of sp³-hybridized carbons (Fsp3) is 0.294. The van der Waals surface area contributed by atoms with Crippen molar-refractivity contribution in [1.29, 1.82) is 0 Å². The van der Waals surface area contributed by atoms with Crippen LogP contribution in [-0.4, -0.2) is 24.5 Å². The van der Waals surface area contributed by atoms with E-state index in [4.69, 9.17) is 11.6 Å². The highest BCUT2D eigenvalue weighted by Crippen LogP contribution is 2.32. The zero-order chi connectivity index (χ0) is 19.2. The minimum Gasteiger partial charge on any atom is -0.356 e. The molecular formula is C17H18ClF4IN4. The number of rotatable bonds is 5. The van der Waals surface area contributed by atoms with Gasteiger partial charge in [-0.05, 0) is 35.7 Å². The van der Waals surface area contributed by atoms with Gasteiger partial charge in [0.15, 0.2) is 5.96 Å². The van der Waals surface area contributed by atoms with Crippen LogP contribution in [0.1, 0.15) is 16.7 Å². The zero-order valence-corrected chi connectivity index (χ0v) is 17.4. The van der Waals surface area contributed by atoms with Crippen LogP contribution in [0, 0.1) is 5.82 Å². The summed E-state index contributed by atoms with van der Waals surface area (Å²) in [6.07, 6.45) is -2.35. The highest BCUT2D eigenvalue weighted by Gasteiger charge is 2.33. The van der Waals surface area contributed by atoms with E-state index in [0.29, 0.717) is 30.1 Å². The molecule has 0 aliphatic rings. The van der Waals surface area contributed by atoms with E-state index in [1.54, 1.807) is 12.3 Å². The second kappa shape index (κ2) is 10.6. The number of nitrogens with one attached hydrogen (secondary N) is 2. The molecule has 0 bridgehead atoms. The summed E-state index contributed by atoms with van der Waals surface area (Å²) in [6, 6.07) is 6.10. The normalized spacial score (nSPS) is 11.7. The van der Waals surface area contributed by atoms with Gasteiger partial charge in [0.25, 0.3) is 0 Å². The maximum absolute atomic E-state index is 13.1. The van der Waals surface area contributed by atoms with Gasteiger partial charge in [-0.2, -0.15) is 13.2 Å². The second-order valence-corrected chi connectivity index (χ2v) is 5.78. The van der Waals surface area contributed by atoms with Crippen molar-refractivity contribution in [3.63, 3.8) is 0 Å². The van der Waals surface area contributed by atoms with E-state index >= 15 is 0 Å². The summed E-state index contributed by atoms with van der Waals surface area (Å²) in [6.45, 7) is 0.357. The fourth-order valence-corrected chi connectivity index (χ4v) is 2.36. The molecular weight excluding hydrogens is 499 g/mol. The maximum atomic E-state index is 13.1. The Labute approximate surface area is 176 Å². The van der Waals surface area contributed by atoms with E-state index in [9.17, 15) is 17.6 Å². The quantitative estimate of drug-likeness (QED) is 0.203. The number of aliphatic imine (C=N–C) groups is 1. The van der Waals surface area contributed by atoms with Gasteiger partial charge in [-0.15, -0.1) is 24.0 Å². The Morgan fingerprint density at radius 2 is 1.93 bits per heavy atom. The van der Waals surface area contributed by atoms with Crippen LogP contribution in [-0.2, 0) is 19.1 Å². The van der Waals surface area contributed by atoms with Crippen molar-refractivity contribution >= 4 is 41.5 Å². The lowest BCUT2D eigenvalue weighted by atomic mass is 10.1. The van der Waals surface area contributed by atoms with E-state index in [-0.39, 0.29) is 36.1 Å². The Kier molecular flexibility index (Phi) is 9.23. The Morgan fingerprint density at radius 1 is 1.19 bits per heavy atom. The van der Waals surface area contributed by atoms with Gasteiger partial charge in [0.05, 0.1) is 5.56 Å². The molecule has 2 N–H and O–H groups in total. The van der Waals surface area contributed by atoms with E-state index in [1.807, 2.05) is 6.07 Å². The number of hydrogen-bond acceptors (Lipinski definition) is 2. The molecule has 2 aromatic rings. The predicted molar refractivity (Wildman–Crippen MR) is 108 cm³/mol. The van der Waals surface area contributed by atoms with E-state index in [0.717, 1.165) is 17.7 Å². The summed E-state index contributed by atoms with van der Waals surface area (Å²) in [7, 11) is 1.51. The van der Waals surface area contributed by atoms with Crippen LogP contribution in [0.4, 0.5) is 17.6 Å². The minimum absolute atomic E-state index is 0. The molecule has 0 unspecified atom stereocenters. The van der Waals surface area contributed by atoms with E-state index in [1.165, 1.54) is 7.05 Å². The standard InChI is InChI=1S/C17H17ClF4N4.HI/c1-23-16(24-7-6-11-2-5-15(18)25-9-11)26-10-12-3-4-13(19)8-14(12)17(20,21)22;/h2-5,8-9H,6-7,10H2,1H3,(H2,23,24,26);1H. The van der Waals surface area contributed by atoms with Crippen molar-refractivity contribution < 1.29 is 17.6 Å². The lowest BCUT2D eigenvalue weighted by Gasteiger charge is -2.16. The molecule has 1 heterocycles. The van der Waals surface area contributed by atoms with E-state index in [2.05, 4.69) is 20.6 Å². The number of guanidine groups is 1. The Balaban J connectivity index is 0.00000364. The van der Waals surface area contributed by atoms with Crippen LogP contribution < -0.4 is 10.6 Å². The van der Waals surface area contributed by atoms with Gasteiger partial charge in [-0.3, -0.25) is 4.99 Å². The summed E-state index contributed by atoms with van der Waals surface area (Å²) in [5.41, 5.74) is -0.119. The molecule has 0 saturated carbocycles. The topological polar surface area (TPSA) is 49.3 Å². The van der Waals surface area contributed by atoms with Gasteiger partial charge in [0.1, 0.15) is 11.0 Å². The van der Waals surface area contributed by atoms with Crippen LogP contribution in [0.15, 0.2) is 41.5 Å². The van der Waals surface area contributed by atoms with Crippen molar-refractivity contribution in [3.8, 4) is 0 Å². The summed E-state index contributed by atoms with van der Waals surface area (Å²) in [4.78, 5) is 7.93. The van der Waals surface area contributed by atoms with Gasteiger partial charge in [0.2, 0.25) is 0 Å². The Morgan fingerprint density at radius 3 is 2.52 bits per heavy atom. The molecule has 148 valence electrons. The summed E-state index contributed by atoms with van der Waals surface area (Å²) >= 11 is 5.71. The Bertz CT molecular complexity index is 767. The molecule has 0 radical (unpaired) electrons. The first-order valence-electron chi connectivity index (χ1n) is 7.70. The molecule has 1 aromatic carbocycles.